The monoisotopic (exact) mass is 354 g/mol. The highest BCUT2D eigenvalue weighted by Gasteiger charge is 2.39. The average Bonchev–Trinajstić information content (AvgIpc) is 2.85. The summed E-state index contributed by atoms with van der Waals surface area (Å²) >= 11 is 0. The third-order valence-electron chi connectivity index (χ3n) is 5.65. The molecule has 2 saturated heterocycles. The van der Waals surface area contributed by atoms with Gasteiger partial charge in [-0.05, 0) is 56.5 Å². The highest BCUT2D eigenvalue weighted by atomic mass is 19.1. The summed E-state index contributed by atoms with van der Waals surface area (Å²) in [4.78, 5) is 14.9. The van der Waals surface area contributed by atoms with Gasteiger partial charge in [-0.1, -0.05) is 30.3 Å². The van der Waals surface area contributed by atoms with Crippen molar-refractivity contribution in [2.75, 3.05) is 7.05 Å². The highest BCUT2D eigenvalue weighted by molar-refractivity contribution is 5.77. The standard InChI is InChI=1S/C21H23FN2O2/c1-24-17-8-9-18(24)13-16(12-17)23-21(25)26-20-10-7-15(22)11-19(20)14-5-3-2-4-6-14/h2-7,10-11,16-18H,8-9,12-13H2,1H3,(H,23,25). The number of hydrogen-bond donors (Lipinski definition) is 1. The number of nitrogens with one attached hydrogen (secondary N) is 1. The number of halogens is 1. The SMILES string of the molecule is CN1C2CCC1CC(NC(=O)Oc1ccc(F)cc1-c1ccccc1)C2. The van der Waals surface area contributed by atoms with Crippen molar-refractivity contribution in [3.8, 4) is 16.9 Å². The number of hydrogen-bond acceptors (Lipinski definition) is 3. The lowest BCUT2D eigenvalue weighted by Crippen LogP contribution is -2.49. The summed E-state index contributed by atoms with van der Waals surface area (Å²) in [5.74, 6) is 0.00880. The first-order valence-corrected chi connectivity index (χ1v) is 9.15. The molecule has 26 heavy (non-hydrogen) atoms. The third kappa shape index (κ3) is 3.44. The van der Waals surface area contributed by atoms with E-state index in [9.17, 15) is 9.18 Å². The molecule has 2 bridgehead atoms. The van der Waals surface area contributed by atoms with E-state index in [0.717, 1.165) is 18.4 Å². The van der Waals surface area contributed by atoms with Gasteiger partial charge in [-0.2, -0.15) is 0 Å². The van der Waals surface area contributed by atoms with Gasteiger partial charge in [0.15, 0.2) is 0 Å². The van der Waals surface area contributed by atoms with Crippen LogP contribution in [0, 0.1) is 5.82 Å². The predicted octanol–water partition coefficient (Wildman–Crippen LogP) is 4.21. The van der Waals surface area contributed by atoms with Crippen LogP contribution in [0.4, 0.5) is 9.18 Å². The van der Waals surface area contributed by atoms with Crippen LogP contribution in [0.5, 0.6) is 5.75 Å². The normalized spacial score (nSPS) is 25.1. The third-order valence-corrected chi connectivity index (χ3v) is 5.65. The topological polar surface area (TPSA) is 41.6 Å². The van der Waals surface area contributed by atoms with Crippen LogP contribution in [0.15, 0.2) is 48.5 Å². The van der Waals surface area contributed by atoms with Crippen molar-refractivity contribution in [1.29, 1.82) is 0 Å². The van der Waals surface area contributed by atoms with Gasteiger partial charge in [-0.15, -0.1) is 0 Å². The van der Waals surface area contributed by atoms with Crippen LogP contribution in [-0.2, 0) is 0 Å². The smallest absolute Gasteiger partial charge is 0.410 e. The van der Waals surface area contributed by atoms with Crippen molar-refractivity contribution < 1.29 is 13.9 Å². The Morgan fingerprint density at radius 3 is 2.50 bits per heavy atom. The van der Waals surface area contributed by atoms with E-state index in [2.05, 4.69) is 17.3 Å². The van der Waals surface area contributed by atoms with E-state index in [1.807, 2.05) is 30.3 Å². The molecule has 2 aliphatic rings. The van der Waals surface area contributed by atoms with Gasteiger partial charge in [0, 0.05) is 23.7 Å². The van der Waals surface area contributed by atoms with Crippen molar-refractivity contribution >= 4 is 6.09 Å². The molecule has 4 nitrogen and oxygen atoms in total. The lowest BCUT2D eigenvalue weighted by molar-refractivity contribution is 0.141. The summed E-state index contributed by atoms with van der Waals surface area (Å²) in [5.41, 5.74) is 1.39. The molecule has 2 aliphatic heterocycles. The van der Waals surface area contributed by atoms with E-state index < -0.39 is 6.09 Å². The Kier molecular flexibility index (Phi) is 4.64. The number of carbonyl (C=O) groups is 1. The van der Waals surface area contributed by atoms with Gasteiger partial charge < -0.3 is 15.0 Å². The molecule has 0 radical (unpaired) electrons. The minimum Gasteiger partial charge on any atom is -0.410 e. The van der Waals surface area contributed by atoms with Crippen LogP contribution in [0.2, 0.25) is 0 Å². The summed E-state index contributed by atoms with van der Waals surface area (Å²) in [7, 11) is 2.17. The summed E-state index contributed by atoms with van der Waals surface area (Å²) in [6.07, 6.45) is 3.84. The highest BCUT2D eigenvalue weighted by Crippen LogP contribution is 2.34. The second kappa shape index (κ2) is 7.08. The molecule has 5 heteroatoms. The molecule has 0 spiro atoms. The number of piperidine rings is 1. The Hall–Kier alpha value is -2.40. The lowest BCUT2D eigenvalue weighted by atomic mass is 9.98. The van der Waals surface area contributed by atoms with Crippen molar-refractivity contribution in [3.05, 3.63) is 54.3 Å². The zero-order chi connectivity index (χ0) is 18.1. The minimum atomic E-state index is -0.470. The van der Waals surface area contributed by atoms with Crippen molar-refractivity contribution in [2.24, 2.45) is 0 Å². The predicted molar refractivity (Wildman–Crippen MR) is 98.6 cm³/mol. The fourth-order valence-electron chi connectivity index (χ4n) is 4.26. The molecule has 136 valence electrons. The van der Waals surface area contributed by atoms with E-state index in [4.69, 9.17) is 4.74 Å². The van der Waals surface area contributed by atoms with Crippen molar-refractivity contribution in [3.63, 3.8) is 0 Å². The van der Waals surface area contributed by atoms with E-state index in [-0.39, 0.29) is 11.9 Å². The molecule has 4 rings (SSSR count). The summed E-state index contributed by atoms with van der Waals surface area (Å²) in [6.45, 7) is 0. The first-order chi connectivity index (χ1) is 12.6. The van der Waals surface area contributed by atoms with Crippen LogP contribution in [0.1, 0.15) is 25.7 Å². The molecule has 1 amide bonds. The average molecular weight is 354 g/mol. The summed E-state index contributed by atoms with van der Waals surface area (Å²) in [6, 6.07) is 14.8. The molecule has 2 aromatic rings. The maximum Gasteiger partial charge on any atom is 0.412 e. The fourth-order valence-corrected chi connectivity index (χ4v) is 4.26. The molecule has 2 aromatic carbocycles. The van der Waals surface area contributed by atoms with Gasteiger partial charge in [0.2, 0.25) is 0 Å². The first-order valence-electron chi connectivity index (χ1n) is 9.15. The molecule has 2 unspecified atom stereocenters. The van der Waals surface area contributed by atoms with E-state index in [0.29, 0.717) is 23.4 Å². The minimum absolute atomic E-state index is 0.136. The lowest BCUT2D eigenvalue weighted by Gasteiger charge is -2.36. The molecule has 2 heterocycles. The second-order valence-corrected chi connectivity index (χ2v) is 7.26. The Bertz CT molecular complexity index is 782. The van der Waals surface area contributed by atoms with Crippen LogP contribution < -0.4 is 10.1 Å². The number of ether oxygens (including phenoxy) is 1. The number of fused-ring (bicyclic) bond motifs is 2. The molecule has 2 fully saturated rings. The molecular weight excluding hydrogens is 331 g/mol. The maximum atomic E-state index is 13.7. The van der Waals surface area contributed by atoms with E-state index >= 15 is 0 Å². The van der Waals surface area contributed by atoms with Crippen LogP contribution in [-0.4, -0.2) is 36.2 Å². The van der Waals surface area contributed by atoms with E-state index in [1.54, 1.807) is 0 Å². The Balaban J connectivity index is 1.47. The van der Waals surface area contributed by atoms with Gasteiger partial charge in [-0.3, -0.25) is 0 Å². The summed E-state index contributed by atoms with van der Waals surface area (Å²) < 4.78 is 19.3. The Morgan fingerprint density at radius 1 is 1.12 bits per heavy atom. The number of rotatable bonds is 3. The first kappa shape index (κ1) is 17.0. The van der Waals surface area contributed by atoms with Crippen molar-refractivity contribution in [2.45, 2.75) is 43.8 Å². The number of nitrogens with zero attached hydrogens (tertiary/aromatic N) is 1. The van der Waals surface area contributed by atoms with E-state index in [1.165, 1.54) is 31.0 Å². The van der Waals surface area contributed by atoms with Gasteiger partial charge in [0.25, 0.3) is 0 Å². The van der Waals surface area contributed by atoms with Crippen molar-refractivity contribution in [1.82, 2.24) is 10.2 Å². The van der Waals surface area contributed by atoms with Gasteiger partial charge in [0.1, 0.15) is 11.6 Å². The molecule has 0 aromatic heterocycles. The molecule has 1 N–H and O–H groups in total. The largest absolute Gasteiger partial charge is 0.412 e. The number of amides is 1. The van der Waals surface area contributed by atoms with Crippen LogP contribution in [0.25, 0.3) is 11.1 Å². The summed E-state index contributed by atoms with van der Waals surface area (Å²) in [5, 5.41) is 3.00. The molecule has 2 atom stereocenters. The van der Waals surface area contributed by atoms with Crippen LogP contribution in [0.3, 0.4) is 0 Å². The quantitative estimate of drug-likeness (QED) is 0.898. The molecule has 0 saturated carbocycles. The Labute approximate surface area is 153 Å². The zero-order valence-corrected chi connectivity index (χ0v) is 14.8. The zero-order valence-electron chi connectivity index (χ0n) is 14.8. The van der Waals surface area contributed by atoms with Gasteiger partial charge in [0.05, 0.1) is 0 Å². The van der Waals surface area contributed by atoms with Gasteiger partial charge >= 0.3 is 6.09 Å². The Morgan fingerprint density at radius 2 is 1.81 bits per heavy atom. The second-order valence-electron chi connectivity index (χ2n) is 7.26. The number of benzene rings is 2. The maximum absolute atomic E-state index is 13.7. The molecule has 0 aliphatic carbocycles. The fraction of sp³-hybridized carbons (Fsp3) is 0.381. The number of carbonyl (C=O) groups excluding carboxylic acids is 1. The van der Waals surface area contributed by atoms with Gasteiger partial charge in [-0.25, -0.2) is 9.18 Å². The molecular formula is C21H23FN2O2. The van der Waals surface area contributed by atoms with Crippen LogP contribution >= 0.6 is 0 Å².